The van der Waals surface area contributed by atoms with Gasteiger partial charge in [-0.25, -0.2) is 0 Å². The minimum Gasteiger partial charge on any atom is -0.392 e. The Bertz CT molecular complexity index is 604. The van der Waals surface area contributed by atoms with Gasteiger partial charge < -0.3 is 5.11 Å². The summed E-state index contributed by atoms with van der Waals surface area (Å²) in [5, 5.41) is 13.2. The van der Waals surface area contributed by atoms with E-state index in [0.717, 1.165) is 6.42 Å². The van der Waals surface area contributed by atoms with Crippen molar-refractivity contribution in [1.29, 1.82) is 0 Å². The van der Waals surface area contributed by atoms with Crippen LogP contribution in [0.4, 0.5) is 0 Å². The molecular weight excluding hydrogens is 284 g/mol. The van der Waals surface area contributed by atoms with Gasteiger partial charge in [0.05, 0.1) is 6.10 Å². The summed E-state index contributed by atoms with van der Waals surface area (Å²) in [6.07, 6.45) is 0.350. The van der Waals surface area contributed by atoms with Gasteiger partial charge in [-0.15, -0.1) is 6.58 Å². The second-order valence-corrected chi connectivity index (χ2v) is 10.8. The number of hydrogen-bond donors (Lipinski definition) is 1. The van der Waals surface area contributed by atoms with Crippen LogP contribution in [0.3, 0.4) is 0 Å². The maximum absolute atomic E-state index is 10.6. The standard InChI is InChI=1S/C20H26OSi/c1-5-19(21)20(17-12-8-6-9-13-17)16(2)22(3,4)18-14-10-7-11-15-18/h6-15,19-21H,2,5H2,1,3-4H3/t19-,20+/m1/s1. The third-order valence-corrected chi connectivity index (χ3v) is 8.33. The number of aliphatic hydroxyl groups excluding tert-OH is 1. The van der Waals surface area contributed by atoms with E-state index in [0.29, 0.717) is 0 Å². The van der Waals surface area contributed by atoms with Crippen LogP contribution in [-0.4, -0.2) is 19.3 Å². The molecule has 0 saturated carbocycles. The van der Waals surface area contributed by atoms with Crippen molar-refractivity contribution in [2.75, 3.05) is 0 Å². The van der Waals surface area contributed by atoms with Crippen LogP contribution in [0.5, 0.6) is 0 Å². The van der Waals surface area contributed by atoms with Crippen molar-refractivity contribution in [3.05, 3.63) is 78.0 Å². The molecule has 1 nitrogen and oxygen atoms in total. The highest BCUT2D eigenvalue weighted by Gasteiger charge is 2.35. The monoisotopic (exact) mass is 310 g/mol. The highest BCUT2D eigenvalue weighted by atomic mass is 28.3. The van der Waals surface area contributed by atoms with Gasteiger partial charge >= 0.3 is 0 Å². The fourth-order valence-corrected chi connectivity index (χ4v) is 5.51. The molecule has 2 aromatic rings. The van der Waals surface area contributed by atoms with Gasteiger partial charge in [0.1, 0.15) is 8.07 Å². The molecule has 0 fully saturated rings. The molecule has 0 amide bonds. The number of aliphatic hydroxyl groups is 1. The van der Waals surface area contributed by atoms with Crippen LogP contribution in [-0.2, 0) is 0 Å². The Balaban J connectivity index is 2.42. The maximum atomic E-state index is 10.6. The maximum Gasteiger partial charge on any atom is 0.107 e. The number of hydrogen-bond acceptors (Lipinski definition) is 1. The Labute approximate surface area is 135 Å². The molecule has 0 aliphatic carbocycles. The van der Waals surface area contributed by atoms with Crippen molar-refractivity contribution in [3.63, 3.8) is 0 Å². The first-order valence-electron chi connectivity index (χ1n) is 7.96. The van der Waals surface area contributed by atoms with Gasteiger partial charge in [0.15, 0.2) is 0 Å². The van der Waals surface area contributed by atoms with Crippen molar-refractivity contribution in [1.82, 2.24) is 0 Å². The topological polar surface area (TPSA) is 20.2 Å². The van der Waals surface area contributed by atoms with Gasteiger partial charge in [-0.2, -0.15) is 0 Å². The summed E-state index contributed by atoms with van der Waals surface area (Å²) in [6, 6.07) is 20.9. The molecule has 2 atom stereocenters. The summed E-state index contributed by atoms with van der Waals surface area (Å²) < 4.78 is 0. The summed E-state index contributed by atoms with van der Waals surface area (Å²) in [7, 11) is -1.86. The van der Waals surface area contributed by atoms with E-state index in [1.165, 1.54) is 15.9 Å². The third-order valence-electron chi connectivity index (χ3n) is 4.64. The normalized spacial score (nSPS) is 14.4. The molecule has 1 N–H and O–H groups in total. The van der Waals surface area contributed by atoms with E-state index in [-0.39, 0.29) is 12.0 Å². The Morgan fingerprint density at radius 1 is 1.00 bits per heavy atom. The molecule has 0 spiro atoms. The summed E-state index contributed by atoms with van der Waals surface area (Å²) in [5.74, 6) is 0.00747. The van der Waals surface area contributed by atoms with E-state index in [1.54, 1.807) is 0 Å². The zero-order valence-corrected chi connectivity index (χ0v) is 14.8. The van der Waals surface area contributed by atoms with Crippen molar-refractivity contribution >= 4 is 13.3 Å². The van der Waals surface area contributed by atoms with Crippen molar-refractivity contribution in [3.8, 4) is 0 Å². The lowest BCUT2D eigenvalue weighted by atomic mass is 9.92. The largest absolute Gasteiger partial charge is 0.392 e. The summed E-state index contributed by atoms with van der Waals surface area (Å²) in [5.41, 5.74) is 1.17. The quantitative estimate of drug-likeness (QED) is 0.791. The van der Waals surface area contributed by atoms with Gasteiger partial charge in [0.2, 0.25) is 0 Å². The third kappa shape index (κ3) is 3.40. The Kier molecular flexibility index (Phi) is 5.38. The molecule has 2 heteroatoms. The molecule has 2 rings (SSSR count). The lowest BCUT2D eigenvalue weighted by Crippen LogP contribution is -2.46. The fraction of sp³-hybridized carbons (Fsp3) is 0.300. The van der Waals surface area contributed by atoms with Crippen LogP contribution in [0.15, 0.2) is 72.4 Å². The van der Waals surface area contributed by atoms with Crippen molar-refractivity contribution in [2.45, 2.75) is 38.5 Å². The van der Waals surface area contributed by atoms with Gasteiger partial charge in [-0.05, 0) is 12.0 Å². The Morgan fingerprint density at radius 3 is 2.00 bits per heavy atom. The van der Waals surface area contributed by atoms with E-state index in [4.69, 9.17) is 0 Å². The molecule has 0 heterocycles. The second kappa shape index (κ2) is 7.08. The predicted octanol–water partition coefficient (Wildman–Crippen LogP) is 4.25. The molecule has 116 valence electrons. The minimum absolute atomic E-state index is 0.00747. The first-order chi connectivity index (χ1) is 10.5. The van der Waals surface area contributed by atoms with Crippen LogP contribution >= 0.6 is 0 Å². The minimum atomic E-state index is -1.86. The molecule has 0 bridgehead atoms. The van der Waals surface area contributed by atoms with Gasteiger partial charge in [-0.1, -0.05) is 91.1 Å². The van der Waals surface area contributed by atoms with E-state index >= 15 is 0 Å². The number of rotatable bonds is 6. The van der Waals surface area contributed by atoms with Gasteiger partial charge in [0, 0.05) is 5.92 Å². The molecule has 0 aromatic heterocycles. The first-order valence-corrected chi connectivity index (χ1v) is 11.0. The lowest BCUT2D eigenvalue weighted by molar-refractivity contribution is 0.153. The first kappa shape index (κ1) is 16.7. The molecule has 0 aliphatic heterocycles. The van der Waals surface area contributed by atoms with E-state index in [9.17, 15) is 5.11 Å². The zero-order valence-electron chi connectivity index (χ0n) is 13.8. The molecule has 2 aromatic carbocycles. The summed E-state index contributed by atoms with van der Waals surface area (Å²) in [6.45, 7) is 11.1. The zero-order chi connectivity index (χ0) is 16.2. The Hall–Kier alpha value is -1.64. The molecular formula is C20H26OSi. The van der Waals surface area contributed by atoms with Crippen LogP contribution in [0.25, 0.3) is 0 Å². The number of benzene rings is 2. The molecule has 0 saturated heterocycles. The fourth-order valence-electron chi connectivity index (χ4n) is 2.98. The van der Waals surface area contributed by atoms with Crippen molar-refractivity contribution < 1.29 is 5.11 Å². The van der Waals surface area contributed by atoms with Crippen LogP contribution in [0, 0.1) is 0 Å². The predicted molar refractivity (Wildman–Crippen MR) is 98.2 cm³/mol. The SMILES string of the molecule is C=C([C@@H](c1ccccc1)[C@H](O)CC)[Si](C)(C)c1ccccc1. The lowest BCUT2D eigenvalue weighted by Gasteiger charge is -2.34. The molecule has 0 aliphatic rings. The van der Waals surface area contributed by atoms with Crippen LogP contribution < -0.4 is 5.19 Å². The van der Waals surface area contributed by atoms with E-state index in [1.807, 2.05) is 31.2 Å². The van der Waals surface area contributed by atoms with Gasteiger partial charge in [-0.3, -0.25) is 0 Å². The average Bonchev–Trinajstić information content (AvgIpc) is 2.56. The highest BCUT2D eigenvalue weighted by Crippen LogP contribution is 2.34. The van der Waals surface area contributed by atoms with Crippen LogP contribution in [0.2, 0.25) is 13.1 Å². The van der Waals surface area contributed by atoms with Crippen LogP contribution in [0.1, 0.15) is 24.8 Å². The molecule has 22 heavy (non-hydrogen) atoms. The highest BCUT2D eigenvalue weighted by molar-refractivity contribution is 6.95. The summed E-state index contributed by atoms with van der Waals surface area (Å²) in [4.78, 5) is 0. The van der Waals surface area contributed by atoms with E-state index < -0.39 is 8.07 Å². The van der Waals surface area contributed by atoms with E-state index in [2.05, 4.69) is 56.1 Å². The summed E-state index contributed by atoms with van der Waals surface area (Å²) >= 11 is 0. The molecule has 0 unspecified atom stereocenters. The molecule has 0 radical (unpaired) electrons. The van der Waals surface area contributed by atoms with Crippen molar-refractivity contribution in [2.24, 2.45) is 0 Å². The van der Waals surface area contributed by atoms with Gasteiger partial charge in [0.25, 0.3) is 0 Å². The smallest absolute Gasteiger partial charge is 0.107 e. The second-order valence-electron chi connectivity index (χ2n) is 6.38. The Morgan fingerprint density at radius 2 is 1.50 bits per heavy atom. The average molecular weight is 311 g/mol.